The van der Waals surface area contributed by atoms with Crippen LogP contribution in [0.5, 0.6) is 5.75 Å². The summed E-state index contributed by atoms with van der Waals surface area (Å²) in [5, 5.41) is 2.79. The van der Waals surface area contributed by atoms with Gasteiger partial charge in [0.05, 0.1) is 0 Å². The van der Waals surface area contributed by atoms with Crippen LogP contribution in [-0.2, 0) is 4.79 Å². The first-order valence-corrected chi connectivity index (χ1v) is 10.5. The lowest BCUT2D eigenvalue weighted by atomic mass is 10.0. The first-order chi connectivity index (χ1) is 15.0. The molecule has 0 radical (unpaired) electrons. The molecule has 2 amide bonds. The maximum Gasteiger partial charge on any atom is 0.262 e. The van der Waals surface area contributed by atoms with E-state index in [1.807, 2.05) is 61.5 Å². The van der Waals surface area contributed by atoms with Crippen molar-refractivity contribution < 1.29 is 14.3 Å². The predicted molar refractivity (Wildman–Crippen MR) is 125 cm³/mol. The van der Waals surface area contributed by atoms with Gasteiger partial charge in [0.1, 0.15) is 5.75 Å². The fourth-order valence-corrected chi connectivity index (χ4v) is 3.20. The highest BCUT2D eigenvalue weighted by Gasteiger charge is 2.16. The number of rotatable bonds is 8. The molecule has 0 aromatic heterocycles. The molecular weight excluding hydrogens is 388 g/mol. The number of hydrogen-bond donors (Lipinski definition) is 1. The average molecular weight is 417 g/mol. The van der Waals surface area contributed by atoms with E-state index >= 15 is 0 Å². The van der Waals surface area contributed by atoms with Gasteiger partial charge >= 0.3 is 0 Å². The Balaban J connectivity index is 1.56. The number of para-hydroxylation sites is 1. The predicted octanol–water partition coefficient (Wildman–Crippen LogP) is 5.49. The molecule has 0 fully saturated rings. The summed E-state index contributed by atoms with van der Waals surface area (Å²) >= 11 is 0. The number of carbonyl (C=O) groups is 2. The van der Waals surface area contributed by atoms with E-state index in [1.165, 1.54) is 5.56 Å². The van der Waals surface area contributed by atoms with Crippen LogP contribution in [0.15, 0.2) is 78.9 Å². The molecule has 0 aliphatic heterocycles. The van der Waals surface area contributed by atoms with Gasteiger partial charge in [0.15, 0.2) is 6.61 Å². The average Bonchev–Trinajstić information content (AvgIpc) is 2.79. The van der Waals surface area contributed by atoms with E-state index < -0.39 is 0 Å². The van der Waals surface area contributed by atoms with Crippen molar-refractivity contribution in [1.82, 2.24) is 0 Å². The zero-order chi connectivity index (χ0) is 22.2. The quantitative estimate of drug-likeness (QED) is 0.528. The molecule has 0 bridgehead atoms. The number of carbonyl (C=O) groups excluding carboxylic acids is 2. The lowest BCUT2D eigenvalue weighted by molar-refractivity contribution is -0.118. The summed E-state index contributed by atoms with van der Waals surface area (Å²) in [5.74, 6) is 0.761. The molecule has 0 heterocycles. The number of benzene rings is 3. The smallest absolute Gasteiger partial charge is 0.262 e. The maximum atomic E-state index is 12.9. The Bertz CT molecular complexity index is 997. The molecule has 0 saturated carbocycles. The monoisotopic (exact) mass is 416 g/mol. The molecule has 3 aromatic carbocycles. The first kappa shape index (κ1) is 22.1. The Kier molecular flexibility index (Phi) is 7.44. The summed E-state index contributed by atoms with van der Waals surface area (Å²) in [5.41, 5.74) is 3.25. The van der Waals surface area contributed by atoms with E-state index in [0.717, 1.165) is 5.69 Å². The van der Waals surface area contributed by atoms with E-state index in [1.54, 1.807) is 29.2 Å². The van der Waals surface area contributed by atoms with Crippen molar-refractivity contribution in [3.63, 3.8) is 0 Å². The molecule has 5 heteroatoms. The molecule has 3 aromatic rings. The fraction of sp³-hybridized carbons (Fsp3) is 0.231. The normalized spacial score (nSPS) is 10.6. The fourth-order valence-electron chi connectivity index (χ4n) is 3.20. The molecule has 3 rings (SSSR count). The van der Waals surface area contributed by atoms with Gasteiger partial charge in [-0.3, -0.25) is 9.59 Å². The number of nitrogens with one attached hydrogen (secondary N) is 1. The van der Waals surface area contributed by atoms with Crippen LogP contribution >= 0.6 is 0 Å². The van der Waals surface area contributed by atoms with Crippen LogP contribution in [0.25, 0.3) is 0 Å². The summed E-state index contributed by atoms with van der Waals surface area (Å²) in [4.78, 5) is 26.8. The van der Waals surface area contributed by atoms with E-state index in [2.05, 4.69) is 19.2 Å². The minimum atomic E-state index is -0.258. The minimum absolute atomic E-state index is 0.0836. The zero-order valence-corrected chi connectivity index (χ0v) is 18.2. The highest BCUT2D eigenvalue weighted by molar-refractivity contribution is 6.06. The van der Waals surface area contributed by atoms with Gasteiger partial charge in [-0.05, 0) is 66.9 Å². The molecular formula is C26H28N2O3. The largest absolute Gasteiger partial charge is 0.484 e. The molecule has 0 unspecified atom stereocenters. The Hall–Kier alpha value is -3.60. The van der Waals surface area contributed by atoms with Crippen LogP contribution in [0.4, 0.5) is 11.4 Å². The Morgan fingerprint density at radius 2 is 1.55 bits per heavy atom. The van der Waals surface area contributed by atoms with Gasteiger partial charge in [-0.2, -0.15) is 0 Å². The third-order valence-corrected chi connectivity index (χ3v) is 4.96. The minimum Gasteiger partial charge on any atom is -0.484 e. The van der Waals surface area contributed by atoms with Gasteiger partial charge in [-0.1, -0.05) is 44.2 Å². The first-order valence-electron chi connectivity index (χ1n) is 10.5. The van der Waals surface area contributed by atoms with Crippen molar-refractivity contribution in [2.24, 2.45) is 0 Å². The topological polar surface area (TPSA) is 58.6 Å². The second-order valence-electron chi connectivity index (χ2n) is 7.52. The Labute approximate surface area is 183 Å². The molecule has 0 saturated heterocycles. The van der Waals surface area contributed by atoms with E-state index in [9.17, 15) is 9.59 Å². The summed E-state index contributed by atoms with van der Waals surface area (Å²) in [6.07, 6.45) is 0. The van der Waals surface area contributed by atoms with E-state index in [4.69, 9.17) is 4.74 Å². The highest BCUT2D eigenvalue weighted by atomic mass is 16.5. The number of hydrogen-bond acceptors (Lipinski definition) is 3. The van der Waals surface area contributed by atoms with Crippen molar-refractivity contribution in [2.45, 2.75) is 26.7 Å². The molecule has 0 spiro atoms. The molecule has 0 atom stereocenters. The number of nitrogens with zero attached hydrogens (tertiary/aromatic N) is 1. The molecule has 31 heavy (non-hydrogen) atoms. The van der Waals surface area contributed by atoms with E-state index in [-0.39, 0.29) is 18.4 Å². The Morgan fingerprint density at radius 3 is 2.13 bits per heavy atom. The molecule has 1 N–H and O–H groups in total. The van der Waals surface area contributed by atoms with Crippen LogP contribution in [0.1, 0.15) is 42.6 Å². The van der Waals surface area contributed by atoms with Crippen molar-refractivity contribution in [3.05, 3.63) is 90.0 Å². The molecule has 5 nitrogen and oxygen atoms in total. The highest BCUT2D eigenvalue weighted by Crippen LogP contribution is 2.20. The number of amides is 2. The van der Waals surface area contributed by atoms with Crippen molar-refractivity contribution in [3.8, 4) is 5.75 Å². The lowest BCUT2D eigenvalue weighted by Crippen LogP contribution is -2.30. The number of anilines is 2. The zero-order valence-electron chi connectivity index (χ0n) is 18.2. The van der Waals surface area contributed by atoms with Gasteiger partial charge in [-0.15, -0.1) is 0 Å². The second kappa shape index (κ2) is 10.4. The molecule has 0 aliphatic carbocycles. The summed E-state index contributed by atoms with van der Waals surface area (Å²) in [6, 6.07) is 24.2. The maximum absolute atomic E-state index is 12.9. The van der Waals surface area contributed by atoms with Gasteiger partial charge < -0.3 is 15.0 Å². The van der Waals surface area contributed by atoms with Crippen LogP contribution in [0.2, 0.25) is 0 Å². The summed E-state index contributed by atoms with van der Waals surface area (Å²) in [7, 11) is 0. The standard InChI is InChI=1S/C26H28N2O3/c1-4-28(23-8-6-5-7-9-23)26(30)21-10-14-22(15-11-21)27-25(29)18-31-24-16-12-20(13-17-24)19(2)3/h5-17,19H,4,18H2,1-3H3,(H,27,29). The SMILES string of the molecule is CCN(C(=O)c1ccc(NC(=O)COc2ccc(C(C)C)cc2)cc1)c1ccccc1. The van der Waals surface area contributed by atoms with Crippen molar-refractivity contribution in [2.75, 3.05) is 23.4 Å². The van der Waals surface area contributed by atoms with Crippen LogP contribution in [0, 0.1) is 0 Å². The Morgan fingerprint density at radius 1 is 0.903 bits per heavy atom. The van der Waals surface area contributed by atoms with Gasteiger partial charge in [0, 0.05) is 23.5 Å². The summed E-state index contributed by atoms with van der Waals surface area (Å²) < 4.78 is 5.56. The summed E-state index contributed by atoms with van der Waals surface area (Å²) in [6.45, 7) is 6.68. The van der Waals surface area contributed by atoms with Gasteiger partial charge in [0.25, 0.3) is 11.8 Å². The lowest BCUT2D eigenvalue weighted by Gasteiger charge is -2.21. The van der Waals surface area contributed by atoms with Gasteiger partial charge in [0.2, 0.25) is 0 Å². The third kappa shape index (κ3) is 5.95. The number of ether oxygens (including phenoxy) is 1. The van der Waals surface area contributed by atoms with E-state index in [0.29, 0.717) is 29.5 Å². The van der Waals surface area contributed by atoms with Crippen LogP contribution < -0.4 is 15.0 Å². The third-order valence-electron chi connectivity index (χ3n) is 4.96. The second-order valence-corrected chi connectivity index (χ2v) is 7.52. The van der Waals surface area contributed by atoms with Crippen molar-refractivity contribution >= 4 is 23.2 Å². The van der Waals surface area contributed by atoms with Crippen LogP contribution in [-0.4, -0.2) is 25.0 Å². The van der Waals surface area contributed by atoms with Gasteiger partial charge in [-0.25, -0.2) is 0 Å². The molecule has 0 aliphatic rings. The van der Waals surface area contributed by atoms with Crippen LogP contribution in [0.3, 0.4) is 0 Å². The van der Waals surface area contributed by atoms with Crippen molar-refractivity contribution in [1.29, 1.82) is 0 Å². The molecule has 160 valence electrons.